The van der Waals surface area contributed by atoms with E-state index in [-0.39, 0.29) is 24.5 Å². The number of amides is 2. The molecule has 1 fully saturated rings. The van der Waals surface area contributed by atoms with Crippen LogP contribution in [0.2, 0.25) is 0 Å². The zero-order valence-electron chi connectivity index (χ0n) is 16.9. The summed E-state index contributed by atoms with van der Waals surface area (Å²) in [6.07, 6.45) is 2.12. The van der Waals surface area contributed by atoms with Crippen molar-refractivity contribution in [3.05, 3.63) is 70.7 Å². The van der Waals surface area contributed by atoms with E-state index in [9.17, 15) is 9.59 Å². The van der Waals surface area contributed by atoms with E-state index in [2.05, 4.69) is 26.6 Å². The van der Waals surface area contributed by atoms with Crippen molar-refractivity contribution < 1.29 is 19.1 Å². The van der Waals surface area contributed by atoms with Gasteiger partial charge in [-0.1, -0.05) is 30.3 Å². The maximum Gasteiger partial charge on any atom is 0.262 e. The second-order valence-corrected chi connectivity index (χ2v) is 8.15. The molecule has 0 aromatic heterocycles. The normalized spacial score (nSPS) is 15.6. The molecule has 0 bridgehead atoms. The number of carbonyl (C=O) groups is 2. The Morgan fingerprint density at radius 2 is 1.87 bits per heavy atom. The zero-order valence-corrected chi connectivity index (χ0v) is 18.5. The molecule has 1 aliphatic rings. The zero-order chi connectivity index (χ0) is 21.6. The second-order valence-electron chi connectivity index (χ2n) is 7.36. The summed E-state index contributed by atoms with van der Waals surface area (Å²) in [4.78, 5) is 24.5. The summed E-state index contributed by atoms with van der Waals surface area (Å²) in [6, 6.07) is 18.5. The number of hydrogen-bond acceptors (Lipinski definition) is 4. The summed E-state index contributed by atoms with van der Waals surface area (Å²) >= 11 is 3.55. The van der Waals surface area contributed by atoms with Crippen LogP contribution in [-0.2, 0) is 9.53 Å². The molecular weight excluding hydrogens is 460 g/mol. The molecule has 0 spiro atoms. The molecule has 1 aliphatic heterocycles. The van der Waals surface area contributed by atoms with Gasteiger partial charge in [0.05, 0.1) is 10.6 Å². The van der Waals surface area contributed by atoms with Crippen LogP contribution in [0.4, 0.5) is 5.69 Å². The SMILES string of the molecule is O=C(COc1ccc2ccccc2c1Br)Nc1ccc(C(=O)NCC2CCCO2)cc1. The van der Waals surface area contributed by atoms with Crippen LogP contribution in [0.5, 0.6) is 5.75 Å². The lowest BCUT2D eigenvalue weighted by Gasteiger charge is -2.12. The molecule has 4 rings (SSSR count). The van der Waals surface area contributed by atoms with Gasteiger partial charge < -0.3 is 20.1 Å². The topological polar surface area (TPSA) is 76.7 Å². The number of hydrogen-bond donors (Lipinski definition) is 2. The van der Waals surface area contributed by atoms with E-state index in [4.69, 9.17) is 9.47 Å². The first-order valence-corrected chi connectivity index (χ1v) is 11.0. The first-order chi connectivity index (χ1) is 15.1. The Morgan fingerprint density at radius 3 is 2.65 bits per heavy atom. The molecule has 7 heteroatoms. The highest BCUT2D eigenvalue weighted by Gasteiger charge is 2.16. The third kappa shape index (κ3) is 5.42. The molecule has 3 aromatic carbocycles. The molecular formula is C24H23BrN2O4. The minimum absolute atomic E-state index is 0.102. The van der Waals surface area contributed by atoms with E-state index in [1.165, 1.54) is 0 Å². The van der Waals surface area contributed by atoms with Gasteiger partial charge in [0, 0.05) is 24.4 Å². The minimum atomic E-state index is -0.282. The van der Waals surface area contributed by atoms with Crippen molar-refractivity contribution in [2.45, 2.75) is 18.9 Å². The fourth-order valence-electron chi connectivity index (χ4n) is 3.48. The molecule has 3 aromatic rings. The van der Waals surface area contributed by atoms with Crippen LogP contribution >= 0.6 is 15.9 Å². The lowest BCUT2D eigenvalue weighted by atomic mass is 10.1. The van der Waals surface area contributed by atoms with Crippen LogP contribution in [0.15, 0.2) is 65.1 Å². The van der Waals surface area contributed by atoms with E-state index < -0.39 is 0 Å². The lowest BCUT2D eigenvalue weighted by molar-refractivity contribution is -0.118. The Morgan fingerprint density at radius 1 is 1.06 bits per heavy atom. The van der Waals surface area contributed by atoms with Crippen molar-refractivity contribution in [1.82, 2.24) is 5.32 Å². The van der Waals surface area contributed by atoms with Crippen LogP contribution in [0.3, 0.4) is 0 Å². The van der Waals surface area contributed by atoms with Gasteiger partial charge in [0.2, 0.25) is 0 Å². The molecule has 1 unspecified atom stereocenters. The number of halogens is 1. The predicted molar refractivity (Wildman–Crippen MR) is 124 cm³/mol. The highest BCUT2D eigenvalue weighted by atomic mass is 79.9. The van der Waals surface area contributed by atoms with E-state index in [0.29, 0.717) is 23.5 Å². The van der Waals surface area contributed by atoms with Gasteiger partial charge in [-0.15, -0.1) is 0 Å². The van der Waals surface area contributed by atoms with Crippen LogP contribution in [0, 0.1) is 0 Å². The fourth-order valence-corrected chi connectivity index (χ4v) is 4.09. The van der Waals surface area contributed by atoms with Gasteiger partial charge >= 0.3 is 0 Å². The van der Waals surface area contributed by atoms with Crippen LogP contribution < -0.4 is 15.4 Å². The number of rotatable bonds is 7. The van der Waals surface area contributed by atoms with Crippen molar-refractivity contribution in [2.24, 2.45) is 0 Å². The van der Waals surface area contributed by atoms with Gasteiger partial charge in [0.1, 0.15) is 5.75 Å². The van der Waals surface area contributed by atoms with E-state index >= 15 is 0 Å². The van der Waals surface area contributed by atoms with Gasteiger partial charge in [-0.3, -0.25) is 9.59 Å². The van der Waals surface area contributed by atoms with Gasteiger partial charge in [0.25, 0.3) is 11.8 Å². The van der Waals surface area contributed by atoms with E-state index in [0.717, 1.165) is 34.7 Å². The molecule has 0 radical (unpaired) electrons. The number of benzene rings is 3. The number of carbonyl (C=O) groups excluding carboxylic acids is 2. The monoisotopic (exact) mass is 482 g/mol. The quantitative estimate of drug-likeness (QED) is 0.518. The number of nitrogens with one attached hydrogen (secondary N) is 2. The highest BCUT2D eigenvalue weighted by molar-refractivity contribution is 9.10. The Hall–Kier alpha value is -2.90. The van der Waals surface area contributed by atoms with Crippen molar-refractivity contribution in [3.63, 3.8) is 0 Å². The molecule has 2 amide bonds. The van der Waals surface area contributed by atoms with Crippen LogP contribution in [-0.4, -0.2) is 37.7 Å². The van der Waals surface area contributed by atoms with Crippen LogP contribution in [0.1, 0.15) is 23.2 Å². The summed E-state index contributed by atoms with van der Waals surface area (Å²) < 4.78 is 12.0. The maximum atomic E-state index is 12.3. The minimum Gasteiger partial charge on any atom is -0.483 e. The largest absolute Gasteiger partial charge is 0.483 e. The third-order valence-electron chi connectivity index (χ3n) is 5.13. The molecule has 0 saturated carbocycles. The van der Waals surface area contributed by atoms with Crippen molar-refractivity contribution in [1.29, 1.82) is 0 Å². The number of anilines is 1. The summed E-state index contributed by atoms with van der Waals surface area (Å²) in [5, 5.41) is 7.77. The summed E-state index contributed by atoms with van der Waals surface area (Å²) in [6.45, 7) is 1.15. The van der Waals surface area contributed by atoms with Gasteiger partial charge in [-0.05, 0) is 69.9 Å². The summed E-state index contributed by atoms with van der Waals surface area (Å²) in [7, 11) is 0. The van der Waals surface area contributed by atoms with Gasteiger partial charge in [-0.25, -0.2) is 0 Å². The van der Waals surface area contributed by atoms with Gasteiger partial charge in [0.15, 0.2) is 6.61 Å². The number of ether oxygens (including phenoxy) is 2. The van der Waals surface area contributed by atoms with Crippen molar-refractivity contribution in [2.75, 3.05) is 25.1 Å². The lowest BCUT2D eigenvalue weighted by Crippen LogP contribution is -2.31. The predicted octanol–water partition coefficient (Wildman–Crippen LogP) is 4.53. The van der Waals surface area contributed by atoms with Crippen LogP contribution in [0.25, 0.3) is 10.8 Å². The first kappa shape index (κ1) is 21.3. The smallest absolute Gasteiger partial charge is 0.262 e. The molecule has 1 saturated heterocycles. The molecule has 1 heterocycles. The summed E-state index contributed by atoms with van der Waals surface area (Å²) in [5.41, 5.74) is 1.13. The Balaban J connectivity index is 1.28. The second kappa shape index (κ2) is 9.94. The Bertz CT molecular complexity index is 1080. The molecule has 1 atom stereocenters. The standard InChI is InChI=1S/C24H23BrN2O4/c25-23-20-6-2-1-4-16(20)9-12-21(23)31-15-22(28)27-18-10-7-17(8-11-18)24(29)26-14-19-5-3-13-30-19/h1-2,4,6-12,19H,3,5,13-15H2,(H,26,29)(H,27,28). The Kier molecular flexibility index (Phi) is 6.84. The molecule has 160 valence electrons. The van der Waals surface area contributed by atoms with E-state index in [1.807, 2.05) is 36.4 Å². The highest BCUT2D eigenvalue weighted by Crippen LogP contribution is 2.33. The van der Waals surface area contributed by atoms with Crippen molar-refractivity contribution in [3.8, 4) is 5.75 Å². The van der Waals surface area contributed by atoms with Gasteiger partial charge in [-0.2, -0.15) is 0 Å². The third-order valence-corrected chi connectivity index (χ3v) is 5.95. The average molecular weight is 483 g/mol. The maximum absolute atomic E-state index is 12.3. The summed E-state index contributed by atoms with van der Waals surface area (Å²) in [5.74, 6) is 0.167. The fraction of sp³-hybridized carbons (Fsp3) is 0.250. The molecule has 2 N–H and O–H groups in total. The van der Waals surface area contributed by atoms with E-state index in [1.54, 1.807) is 24.3 Å². The molecule has 31 heavy (non-hydrogen) atoms. The number of fused-ring (bicyclic) bond motifs is 1. The molecule has 6 nitrogen and oxygen atoms in total. The average Bonchev–Trinajstić information content (AvgIpc) is 3.31. The van der Waals surface area contributed by atoms with Crippen molar-refractivity contribution >= 4 is 44.2 Å². The Labute approximate surface area is 189 Å². The first-order valence-electron chi connectivity index (χ1n) is 10.2. The molecule has 0 aliphatic carbocycles.